The molecule has 0 bridgehead atoms. The van der Waals surface area contributed by atoms with Crippen LogP contribution in [0, 0.1) is 6.92 Å². The number of hydrazone groups is 1. The number of nitrogens with one attached hydrogen (secondary N) is 1. The maximum atomic E-state index is 5.46. The zero-order chi connectivity index (χ0) is 20.3. The molecule has 6 nitrogen and oxygen atoms in total. The van der Waals surface area contributed by atoms with Crippen molar-refractivity contribution in [2.75, 3.05) is 31.2 Å². The first-order chi connectivity index (χ1) is 14.8. The van der Waals surface area contributed by atoms with Crippen molar-refractivity contribution in [2.45, 2.75) is 6.92 Å². The SMILES string of the molecule is Cc1ccc2c(c1)C(c1ccc(N3CCOCC3)cc1)=NNC(c1cccnc1)=N2. The van der Waals surface area contributed by atoms with Gasteiger partial charge in [-0.15, -0.1) is 0 Å². The molecule has 0 amide bonds. The smallest absolute Gasteiger partial charge is 0.155 e. The average Bonchev–Trinajstić information content (AvgIpc) is 3.00. The third-order valence-electron chi connectivity index (χ3n) is 5.36. The number of morpholine rings is 1. The molecule has 1 fully saturated rings. The first-order valence-electron chi connectivity index (χ1n) is 10.1. The van der Waals surface area contributed by atoms with Gasteiger partial charge in [0, 0.05) is 47.9 Å². The Hall–Kier alpha value is -3.51. The van der Waals surface area contributed by atoms with E-state index in [0.717, 1.165) is 54.4 Å². The van der Waals surface area contributed by atoms with E-state index in [2.05, 4.69) is 58.6 Å². The monoisotopic (exact) mass is 397 g/mol. The Balaban J connectivity index is 1.53. The Morgan fingerprint density at radius 1 is 0.967 bits per heavy atom. The topological polar surface area (TPSA) is 62.1 Å². The van der Waals surface area contributed by atoms with E-state index in [1.807, 2.05) is 18.2 Å². The van der Waals surface area contributed by atoms with Gasteiger partial charge in [0.1, 0.15) is 0 Å². The molecule has 0 atom stereocenters. The van der Waals surface area contributed by atoms with Gasteiger partial charge in [-0.2, -0.15) is 5.10 Å². The Morgan fingerprint density at radius 2 is 1.80 bits per heavy atom. The van der Waals surface area contributed by atoms with Crippen LogP contribution >= 0.6 is 0 Å². The van der Waals surface area contributed by atoms with Crippen molar-refractivity contribution in [1.82, 2.24) is 10.4 Å². The van der Waals surface area contributed by atoms with Crippen molar-refractivity contribution >= 4 is 22.9 Å². The van der Waals surface area contributed by atoms with E-state index in [4.69, 9.17) is 14.8 Å². The van der Waals surface area contributed by atoms with Gasteiger partial charge in [0.05, 0.1) is 24.6 Å². The van der Waals surface area contributed by atoms with Crippen molar-refractivity contribution in [3.63, 3.8) is 0 Å². The molecular weight excluding hydrogens is 374 g/mol. The third-order valence-corrected chi connectivity index (χ3v) is 5.36. The van der Waals surface area contributed by atoms with Crippen molar-refractivity contribution in [3.05, 3.63) is 89.2 Å². The Kier molecular flexibility index (Phi) is 4.99. The second kappa shape index (κ2) is 8.08. The fourth-order valence-corrected chi connectivity index (χ4v) is 3.76. The second-order valence-electron chi connectivity index (χ2n) is 7.44. The van der Waals surface area contributed by atoms with Gasteiger partial charge in [-0.25, -0.2) is 4.99 Å². The summed E-state index contributed by atoms with van der Waals surface area (Å²) in [4.78, 5) is 11.4. The van der Waals surface area contributed by atoms with E-state index in [1.165, 1.54) is 11.3 Å². The number of aryl methyl sites for hydroxylation is 1. The van der Waals surface area contributed by atoms with Crippen LogP contribution in [-0.4, -0.2) is 42.8 Å². The third kappa shape index (κ3) is 3.69. The number of pyridine rings is 1. The predicted octanol–water partition coefficient (Wildman–Crippen LogP) is 3.66. The number of benzene rings is 2. The minimum Gasteiger partial charge on any atom is -0.378 e. The minimum absolute atomic E-state index is 0.688. The summed E-state index contributed by atoms with van der Waals surface area (Å²) in [6, 6.07) is 18.7. The first-order valence-corrected chi connectivity index (χ1v) is 10.1. The van der Waals surface area contributed by atoms with E-state index in [9.17, 15) is 0 Å². The lowest BCUT2D eigenvalue weighted by atomic mass is 9.98. The van der Waals surface area contributed by atoms with Crippen LogP contribution in [0.3, 0.4) is 0 Å². The summed E-state index contributed by atoms with van der Waals surface area (Å²) < 4.78 is 5.46. The molecule has 6 heteroatoms. The molecule has 0 aliphatic carbocycles. The zero-order valence-corrected chi connectivity index (χ0v) is 16.9. The molecular formula is C24H23N5O. The van der Waals surface area contributed by atoms with Gasteiger partial charge in [-0.05, 0) is 43.3 Å². The quantitative estimate of drug-likeness (QED) is 0.733. The molecule has 5 rings (SSSR count). The molecule has 1 N–H and O–H groups in total. The summed E-state index contributed by atoms with van der Waals surface area (Å²) in [7, 11) is 0. The number of hydrogen-bond acceptors (Lipinski definition) is 6. The lowest BCUT2D eigenvalue weighted by molar-refractivity contribution is 0.122. The van der Waals surface area contributed by atoms with Gasteiger partial charge in [-0.1, -0.05) is 23.8 Å². The van der Waals surface area contributed by atoms with Crippen LogP contribution in [0.1, 0.15) is 22.3 Å². The summed E-state index contributed by atoms with van der Waals surface area (Å²) in [5, 5.41) is 4.75. The van der Waals surface area contributed by atoms with Gasteiger partial charge < -0.3 is 9.64 Å². The second-order valence-corrected chi connectivity index (χ2v) is 7.44. The number of aliphatic imine (C=N–C) groups is 1. The summed E-state index contributed by atoms with van der Waals surface area (Å²) in [5.41, 5.74) is 10.3. The van der Waals surface area contributed by atoms with Crippen LogP contribution in [0.5, 0.6) is 0 Å². The van der Waals surface area contributed by atoms with E-state index >= 15 is 0 Å². The van der Waals surface area contributed by atoms with Gasteiger partial charge >= 0.3 is 0 Å². The number of aromatic nitrogens is 1. The molecule has 30 heavy (non-hydrogen) atoms. The summed E-state index contributed by atoms with van der Waals surface area (Å²) in [5.74, 6) is 0.688. The highest BCUT2D eigenvalue weighted by atomic mass is 16.5. The fraction of sp³-hybridized carbons (Fsp3) is 0.208. The summed E-state index contributed by atoms with van der Waals surface area (Å²) >= 11 is 0. The molecule has 0 radical (unpaired) electrons. The highest BCUT2D eigenvalue weighted by Crippen LogP contribution is 2.28. The number of rotatable bonds is 3. The van der Waals surface area contributed by atoms with Gasteiger partial charge in [-0.3, -0.25) is 10.4 Å². The standard InChI is InChI=1S/C24H23N5O/c1-17-4-9-22-21(15-17)23(27-28-24(26-22)19-3-2-10-25-16-19)18-5-7-20(8-6-18)29-11-13-30-14-12-29/h2-10,15-16H,11-14H2,1H3,(H,26,28). The van der Waals surface area contributed by atoms with Crippen molar-refractivity contribution in [2.24, 2.45) is 10.1 Å². The summed E-state index contributed by atoms with van der Waals surface area (Å²) in [6.07, 6.45) is 3.54. The highest BCUT2D eigenvalue weighted by molar-refractivity contribution is 6.18. The highest BCUT2D eigenvalue weighted by Gasteiger charge is 2.18. The summed E-state index contributed by atoms with van der Waals surface area (Å²) in [6.45, 7) is 5.49. The molecule has 1 saturated heterocycles. The first kappa shape index (κ1) is 18.5. The average molecular weight is 397 g/mol. The van der Waals surface area contributed by atoms with Crippen LogP contribution < -0.4 is 10.3 Å². The van der Waals surface area contributed by atoms with E-state index < -0.39 is 0 Å². The molecule has 2 aromatic carbocycles. The van der Waals surface area contributed by atoms with Crippen molar-refractivity contribution in [3.8, 4) is 0 Å². The van der Waals surface area contributed by atoms with E-state index in [1.54, 1.807) is 12.4 Å². The molecule has 3 aromatic rings. The number of anilines is 1. The lowest BCUT2D eigenvalue weighted by Crippen LogP contribution is -2.36. The van der Waals surface area contributed by atoms with E-state index in [-0.39, 0.29) is 0 Å². The number of amidine groups is 1. The van der Waals surface area contributed by atoms with Crippen LogP contribution in [0.2, 0.25) is 0 Å². The van der Waals surface area contributed by atoms with Gasteiger partial charge in [0.25, 0.3) is 0 Å². The zero-order valence-electron chi connectivity index (χ0n) is 16.9. The van der Waals surface area contributed by atoms with Crippen LogP contribution in [-0.2, 0) is 4.74 Å². The number of nitrogens with zero attached hydrogens (tertiary/aromatic N) is 4. The predicted molar refractivity (Wildman–Crippen MR) is 120 cm³/mol. The van der Waals surface area contributed by atoms with E-state index in [0.29, 0.717) is 5.84 Å². The molecule has 2 aliphatic heterocycles. The Labute approximate surface area is 175 Å². The molecule has 0 spiro atoms. The maximum Gasteiger partial charge on any atom is 0.155 e. The number of hydrogen-bond donors (Lipinski definition) is 1. The largest absolute Gasteiger partial charge is 0.378 e. The number of ether oxygens (including phenoxy) is 1. The van der Waals surface area contributed by atoms with Gasteiger partial charge in [0.15, 0.2) is 5.84 Å². The molecule has 3 heterocycles. The molecule has 0 saturated carbocycles. The van der Waals surface area contributed by atoms with Crippen LogP contribution in [0.15, 0.2) is 77.1 Å². The molecule has 0 unspecified atom stereocenters. The fourth-order valence-electron chi connectivity index (χ4n) is 3.76. The van der Waals surface area contributed by atoms with Crippen LogP contribution in [0.4, 0.5) is 11.4 Å². The van der Waals surface area contributed by atoms with Crippen molar-refractivity contribution < 1.29 is 4.74 Å². The van der Waals surface area contributed by atoms with Crippen molar-refractivity contribution in [1.29, 1.82) is 0 Å². The molecule has 1 aromatic heterocycles. The van der Waals surface area contributed by atoms with Crippen LogP contribution in [0.25, 0.3) is 0 Å². The minimum atomic E-state index is 0.688. The lowest BCUT2D eigenvalue weighted by Gasteiger charge is -2.29. The Bertz CT molecular complexity index is 1100. The van der Waals surface area contributed by atoms with Gasteiger partial charge in [0.2, 0.25) is 0 Å². The maximum absolute atomic E-state index is 5.46. The molecule has 2 aliphatic rings. The molecule has 150 valence electrons. The Morgan fingerprint density at radius 3 is 2.57 bits per heavy atom. The normalized spacial score (nSPS) is 16.1. The number of fused-ring (bicyclic) bond motifs is 1.